The molecule has 2 rings (SSSR count). The Morgan fingerprint density at radius 3 is 2.77 bits per heavy atom. The number of ether oxygens (including phenoxy) is 1. The minimum absolute atomic E-state index is 0.0330. The molecule has 1 aliphatic rings. The van der Waals surface area contributed by atoms with Crippen molar-refractivity contribution >= 4 is 5.91 Å². The van der Waals surface area contributed by atoms with Gasteiger partial charge >= 0.3 is 0 Å². The average Bonchev–Trinajstić information content (AvgIpc) is 2.97. The van der Waals surface area contributed by atoms with Crippen molar-refractivity contribution in [1.29, 1.82) is 0 Å². The number of hydrogen-bond donors (Lipinski definition) is 2. The fraction of sp³-hybridized carbons (Fsp3) is 0.800. The number of carbonyl (C=O) groups is 1. The molecule has 0 bridgehead atoms. The molecule has 1 saturated heterocycles. The van der Waals surface area contributed by atoms with Gasteiger partial charge in [0.1, 0.15) is 0 Å². The van der Waals surface area contributed by atoms with Gasteiger partial charge in [0, 0.05) is 13.7 Å². The van der Waals surface area contributed by atoms with E-state index < -0.39 is 0 Å². The molecule has 2 N–H and O–H groups in total. The summed E-state index contributed by atoms with van der Waals surface area (Å²) < 4.78 is 7.25. The van der Waals surface area contributed by atoms with Crippen LogP contribution in [0, 0.1) is 5.41 Å². The Bertz CT molecular complexity index is 488. The zero-order chi connectivity index (χ0) is 16.2. The Kier molecular flexibility index (Phi) is 5.52. The highest BCUT2D eigenvalue weighted by molar-refractivity contribution is 5.91. The van der Waals surface area contributed by atoms with E-state index in [-0.39, 0.29) is 17.4 Å². The Morgan fingerprint density at radius 1 is 1.50 bits per heavy atom. The van der Waals surface area contributed by atoms with Crippen LogP contribution in [0.1, 0.15) is 50.1 Å². The summed E-state index contributed by atoms with van der Waals surface area (Å²) in [6, 6.07) is 0.330. The van der Waals surface area contributed by atoms with Crippen LogP contribution < -0.4 is 10.6 Å². The van der Waals surface area contributed by atoms with Crippen LogP contribution in [0.15, 0.2) is 6.20 Å². The van der Waals surface area contributed by atoms with Crippen molar-refractivity contribution in [3.63, 3.8) is 0 Å². The lowest BCUT2D eigenvalue weighted by molar-refractivity contribution is 0.0175. The molecule has 1 unspecified atom stereocenters. The van der Waals surface area contributed by atoms with Gasteiger partial charge in [-0.25, -0.2) is 4.68 Å². The van der Waals surface area contributed by atoms with Gasteiger partial charge in [0.05, 0.1) is 18.3 Å². The van der Waals surface area contributed by atoms with Crippen LogP contribution in [0.3, 0.4) is 0 Å². The lowest BCUT2D eigenvalue weighted by atomic mass is 9.89. The van der Waals surface area contributed by atoms with E-state index in [2.05, 4.69) is 41.7 Å². The normalized spacial score (nSPS) is 18.2. The lowest BCUT2D eigenvalue weighted by Crippen LogP contribution is -2.40. The lowest BCUT2D eigenvalue weighted by Gasteiger charge is -2.29. The third kappa shape index (κ3) is 4.27. The first-order valence-corrected chi connectivity index (χ1v) is 7.85. The van der Waals surface area contributed by atoms with E-state index in [1.165, 1.54) is 0 Å². The highest BCUT2D eigenvalue weighted by atomic mass is 16.5. The summed E-state index contributed by atoms with van der Waals surface area (Å²) in [5, 5.41) is 14.3. The molecule has 124 valence electrons. The smallest absolute Gasteiger partial charge is 0.273 e. The number of hydrogen-bond acceptors (Lipinski definition) is 5. The van der Waals surface area contributed by atoms with Crippen LogP contribution in [0.4, 0.5) is 0 Å². The second kappa shape index (κ2) is 7.19. The third-order valence-electron chi connectivity index (χ3n) is 4.12. The number of amides is 1. The van der Waals surface area contributed by atoms with Crippen molar-refractivity contribution in [3.05, 3.63) is 11.9 Å². The Hall–Kier alpha value is -1.47. The molecule has 1 fully saturated rings. The van der Waals surface area contributed by atoms with Gasteiger partial charge in [0.25, 0.3) is 5.91 Å². The predicted octanol–water partition coefficient (Wildman–Crippen LogP) is 0.993. The van der Waals surface area contributed by atoms with Gasteiger partial charge in [0.2, 0.25) is 0 Å². The van der Waals surface area contributed by atoms with Gasteiger partial charge in [-0.05, 0) is 31.3 Å². The van der Waals surface area contributed by atoms with E-state index in [0.29, 0.717) is 18.3 Å². The summed E-state index contributed by atoms with van der Waals surface area (Å²) in [6.07, 6.45) is 3.72. The predicted molar refractivity (Wildman–Crippen MR) is 83.7 cm³/mol. The van der Waals surface area contributed by atoms with Gasteiger partial charge in [-0.15, -0.1) is 5.10 Å². The Balaban J connectivity index is 1.91. The fourth-order valence-corrected chi connectivity index (χ4v) is 2.65. The van der Waals surface area contributed by atoms with Crippen LogP contribution in [-0.2, 0) is 4.74 Å². The molecule has 0 aliphatic carbocycles. The molecular weight excluding hydrogens is 282 g/mol. The van der Waals surface area contributed by atoms with Crippen LogP contribution in [0.25, 0.3) is 0 Å². The second-order valence-electron chi connectivity index (χ2n) is 6.87. The van der Waals surface area contributed by atoms with E-state index >= 15 is 0 Å². The summed E-state index contributed by atoms with van der Waals surface area (Å²) in [7, 11) is 1.66. The SMILES string of the molecule is COC(CNC(=O)c1cn(C2CCNCC2)nn1)C(C)(C)C. The highest BCUT2D eigenvalue weighted by Gasteiger charge is 2.25. The third-order valence-corrected chi connectivity index (χ3v) is 4.12. The number of methoxy groups -OCH3 is 1. The van der Waals surface area contributed by atoms with E-state index in [4.69, 9.17) is 4.74 Å². The maximum Gasteiger partial charge on any atom is 0.273 e. The Morgan fingerprint density at radius 2 is 2.18 bits per heavy atom. The standard InChI is InChI=1S/C15H27N5O2/c1-15(2,3)13(22-4)9-17-14(21)12-10-20(19-18-12)11-5-7-16-8-6-11/h10-11,13,16H,5-9H2,1-4H3,(H,17,21). The zero-order valence-electron chi connectivity index (χ0n) is 13.9. The van der Waals surface area contributed by atoms with Gasteiger partial charge in [-0.2, -0.15) is 0 Å². The first-order valence-electron chi connectivity index (χ1n) is 7.85. The molecule has 0 aromatic carbocycles. The number of nitrogens with zero attached hydrogens (tertiary/aromatic N) is 3. The summed E-state index contributed by atoms with van der Waals surface area (Å²) >= 11 is 0. The zero-order valence-corrected chi connectivity index (χ0v) is 13.9. The first kappa shape index (κ1) is 16.9. The minimum atomic E-state index is -0.202. The first-order chi connectivity index (χ1) is 10.4. The fourth-order valence-electron chi connectivity index (χ4n) is 2.65. The molecule has 0 spiro atoms. The molecule has 2 heterocycles. The summed E-state index contributed by atoms with van der Waals surface area (Å²) in [5.74, 6) is -0.202. The number of nitrogens with one attached hydrogen (secondary N) is 2. The maximum absolute atomic E-state index is 12.2. The monoisotopic (exact) mass is 309 g/mol. The van der Waals surface area contributed by atoms with E-state index in [0.717, 1.165) is 25.9 Å². The Labute approximate surface area is 131 Å². The van der Waals surface area contributed by atoms with Crippen molar-refractivity contribution in [2.45, 2.75) is 45.8 Å². The minimum Gasteiger partial charge on any atom is -0.379 e. The molecule has 1 aliphatic heterocycles. The van der Waals surface area contributed by atoms with Crippen LogP contribution >= 0.6 is 0 Å². The van der Waals surface area contributed by atoms with Crippen molar-refractivity contribution in [2.75, 3.05) is 26.7 Å². The molecule has 1 amide bonds. The maximum atomic E-state index is 12.2. The molecule has 7 heteroatoms. The molecule has 1 aromatic rings. The topological polar surface area (TPSA) is 81.1 Å². The molecule has 0 radical (unpaired) electrons. The second-order valence-corrected chi connectivity index (χ2v) is 6.87. The quantitative estimate of drug-likeness (QED) is 0.848. The summed E-state index contributed by atoms with van der Waals surface area (Å²) in [4.78, 5) is 12.2. The molecular formula is C15H27N5O2. The number of piperidine rings is 1. The van der Waals surface area contributed by atoms with Crippen LogP contribution in [-0.4, -0.2) is 53.7 Å². The van der Waals surface area contributed by atoms with Crippen LogP contribution in [0.5, 0.6) is 0 Å². The summed E-state index contributed by atoms with van der Waals surface area (Å²) in [6.45, 7) is 8.67. The number of carbonyl (C=O) groups excluding carboxylic acids is 1. The van der Waals surface area contributed by atoms with Crippen molar-refractivity contribution in [2.24, 2.45) is 5.41 Å². The molecule has 1 aromatic heterocycles. The molecule has 1 atom stereocenters. The molecule has 7 nitrogen and oxygen atoms in total. The average molecular weight is 309 g/mol. The van der Waals surface area contributed by atoms with Gasteiger partial charge in [-0.3, -0.25) is 4.79 Å². The van der Waals surface area contributed by atoms with Crippen molar-refractivity contribution < 1.29 is 9.53 Å². The van der Waals surface area contributed by atoms with Crippen molar-refractivity contribution in [1.82, 2.24) is 25.6 Å². The van der Waals surface area contributed by atoms with Gasteiger partial charge in [0.15, 0.2) is 5.69 Å². The molecule has 22 heavy (non-hydrogen) atoms. The molecule has 0 saturated carbocycles. The summed E-state index contributed by atoms with van der Waals surface area (Å²) in [5.41, 5.74) is 0.330. The van der Waals surface area contributed by atoms with Crippen LogP contribution in [0.2, 0.25) is 0 Å². The van der Waals surface area contributed by atoms with E-state index in [9.17, 15) is 4.79 Å². The number of rotatable bonds is 5. The van der Waals surface area contributed by atoms with Gasteiger partial charge in [-0.1, -0.05) is 26.0 Å². The highest BCUT2D eigenvalue weighted by Crippen LogP contribution is 2.21. The largest absolute Gasteiger partial charge is 0.379 e. The van der Waals surface area contributed by atoms with E-state index in [1.54, 1.807) is 13.3 Å². The number of aromatic nitrogens is 3. The van der Waals surface area contributed by atoms with Gasteiger partial charge < -0.3 is 15.4 Å². The van der Waals surface area contributed by atoms with Crippen molar-refractivity contribution in [3.8, 4) is 0 Å². The van der Waals surface area contributed by atoms with E-state index in [1.807, 2.05) is 4.68 Å².